The first-order chi connectivity index (χ1) is 8.13. The first-order valence-corrected chi connectivity index (χ1v) is 6.30. The molecule has 1 aromatic carbocycles. The molecule has 1 rings (SSSR count). The highest BCUT2D eigenvalue weighted by Gasteiger charge is 2.02. The summed E-state index contributed by atoms with van der Waals surface area (Å²) in [5.41, 5.74) is 1.94. The van der Waals surface area contributed by atoms with Crippen molar-refractivity contribution in [3.63, 3.8) is 0 Å². The van der Waals surface area contributed by atoms with Crippen LogP contribution in [0, 0.1) is 6.92 Å². The third kappa shape index (κ3) is 5.15. The maximum atomic E-state index is 11.6. The average molecular weight is 297 g/mol. The van der Waals surface area contributed by atoms with Gasteiger partial charge in [0.05, 0.1) is 0 Å². The number of hydrogen-bond acceptors (Lipinski definition) is 2. The van der Waals surface area contributed by atoms with Crippen molar-refractivity contribution in [2.75, 3.05) is 18.4 Å². The Balaban J connectivity index is 2.39. The fourth-order valence-electron chi connectivity index (χ4n) is 1.35. The molecule has 0 aliphatic heterocycles. The third-order valence-corrected chi connectivity index (χ3v) is 3.15. The van der Waals surface area contributed by atoms with E-state index in [1.807, 2.05) is 25.1 Å². The van der Waals surface area contributed by atoms with Crippen LogP contribution < -0.4 is 10.6 Å². The minimum atomic E-state index is 0.0169. The molecule has 0 unspecified atom stereocenters. The summed E-state index contributed by atoms with van der Waals surface area (Å²) in [4.78, 5) is 11.6. The monoisotopic (exact) mass is 296 g/mol. The normalized spacial score (nSPS) is 10.0. The van der Waals surface area contributed by atoms with E-state index in [9.17, 15) is 4.79 Å². The Morgan fingerprint density at radius 1 is 1.53 bits per heavy atom. The second kappa shape index (κ2) is 7.25. The van der Waals surface area contributed by atoms with Crippen molar-refractivity contribution >= 4 is 27.5 Å². The Morgan fingerprint density at radius 3 is 2.94 bits per heavy atom. The van der Waals surface area contributed by atoms with Crippen molar-refractivity contribution in [2.24, 2.45) is 0 Å². The highest BCUT2D eigenvalue weighted by Crippen LogP contribution is 2.19. The summed E-state index contributed by atoms with van der Waals surface area (Å²) in [6.45, 7) is 6.97. The predicted molar refractivity (Wildman–Crippen MR) is 75.2 cm³/mol. The molecular weight excluding hydrogens is 280 g/mol. The van der Waals surface area contributed by atoms with E-state index in [-0.39, 0.29) is 5.91 Å². The SMILES string of the molecule is C=CCNCCC(=O)Nc1ccc(Br)c(C)c1. The standard InChI is InChI=1S/C13H17BrN2O/c1-3-7-15-8-6-13(17)16-11-4-5-12(14)10(2)9-11/h3-5,9,15H,1,6-8H2,2H3,(H,16,17). The van der Waals surface area contributed by atoms with E-state index in [2.05, 4.69) is 33.1 Å². The van der Waals surface area contributed by atoms with E-state index >= 15 is 0 Å². The van der Waals surface area contributed by atoms with E-state index < -0.39 is 0 Å². The Hall–Kier alpha value is -1.13. The Kier molecular flexibility index (Phi) is 5.94. The summed E-state index contributed by atoms with van der Waals surface area (Å²) in [5.74, 6) is 0.0169. The highest BCUT2D eigenvalue weighted by molar-refractivity contribution is 9.10. The van der Waals surface area contributed by atoms with Gasteiger partial charge in [-0.2, -0.15) is 0 Å². The van der Waals surface area contributed by atoms with Gasteiger partial charge in [0.25, 0.3) is 0 Å². The molecule has 1 amide bonds. The van der Waals surface area contributed by atoms with Crippen molar-refractivity contribution in [3.8, 4) is 0 Å². The van der Waals surface area contributed by atoms with Gasteiger partial charge in [0.1, 0.15) is 0 Å². The van der Waals surface area contributed by atoms with E-state index in [1.54, 1.807) is 6.08 Å². The smallest absolute Gasteiger partial charge is 0.225 e. The number of anilines is 1. The van der Waals surface area contributed by atoms with Gasteiger partial charge < -0.3 is 10.6 Å². The molecule has 0 atom stereocenters. The molecule has 0 saturated carbocycles. The molecule has 4 heteroatoms. The van der Waals surface area contributed by atoms with Gasteiger partial charge in [-0.15, -0.1) is 6.58 Å². The van der Waals surface area contributed by atoms with Gasteiger partial charge in [-0.3, -0.25) is 4.79 Å². The molecule has 0 saturated heterocycles. The molecule has 0 fully saturated rings. The number of carbonyl (C=O) groups excluding carboxylic acids is 1. The number of hydrogen-bond donors (Lipinski definition) is 2. The molecule has 3 nitrogen and oxygen atoms in total. The molecule has 0 aliphatic rings. The lowest BCUT2D eigenvalue weighted by Gasteiger charge is -2.07. The quantitative estimate of drug-likeness (QED) is 0.626. The highest BCUT2D eigenvalue weighted by atomic mass is 79.9. The second-order valence-corrected chi connectivity index (χ2v) is 4.61. The van der Waals surface area contributed by atoms with Crippen LogP contribution >= 0.6 is 15.9 Å². The van der Waals surface area contributed by atoms with Crippen LogP contribution in [-0.4, -0.2) is 19.0 Å². The maximum absolute atomic E-state index is 11.6. The Labute approximate surface area is 110 Å². The first kappa shape index (κ1) is 13.9. The minimum absolute atomic E-state index is 0.0169. The van der Waals surface area contributed by atoms with Gasteiger partial charge in [-0.1, -0.05) is 22.0 Å². The Bertz CT molecular complexity index is 404. The van der Waals surface area contributed by atoms with Crippen LogP contribution in [0.4, 0.5) is 5.69 Å². The molecule has 0 aliphatic carbocycles. The molecule has 0 aromatic heterocycles. The van der Waals surface area contributed by atoms with E-state index in [4.69, 9.17) is 0 Å². The maximum Gasteiger partial charge on any atom is 0.225 e. The van der Waals surface area contributed by atoms with Gasteiger partial charge in [0, 0.05) is 29.7 Å². The van der Waals surface area contributed by atoms with Crippen LogP contribution in [0.25, 0.3) is 0 Å². The van der Waals surface area contributed by atoms with Crippen LogP contribution in [0.5, 0.6) is 0 Å². The fourth-order valence-corrected chi connectivity index (χ4v) is 1.60. The molecule has 0 bridgehead atoms. The van der Waals surface area contributed by atoms with Gasteiger partial charge in [-0.05, 0) is 30.7 Å². The molecule has 92 valence electrons. The molecule has 0 spiro atoms. The number of halogens is 1. The number of aryl methyl sites for hydroxylation is 1. The number of amides is 1. The summed E-state index contributed by atoms with van der Waals surface area (Å²) in [7, 11) is 0. The van der Waals surface area contributed by atoms with Crippen LogP contribution in [0.15, 0.2) is 35.3 Å². The van der Waals surface area contributed by atoms with Crippen molar-refractivity contribution in [3.05, 3.63) is 40.9 Å². The van der Waals surface area contributed by atoms with Gasteiger partial charge in [-0.25, -0.2) is 0 Å². The molecule has 17 heavy (non-hydrogen) atoms. The molecule has 2 N–H and O–H groups in total. The van der Waals surface area contributed by atoms with Crippen molar-refractivity contribution in [1.82, 2.24) is 5.32 Å². The van der Waals surface area contributed by atoms with E-state index in [0.717, 1.165) is 22.3 Å². The average Bonchev–Trinajstić information content (AvgIpc) is 2.30. The zero-order valence-corrected chi connectivity index (χ0v) is 11.5. The number of nitrogens with one attached hydrogen (secondary N) is 2. The lowest BCUT2D eigenvalue weighted by atomic mass is 10.2. The number of rotatable bonds is 6. The van der Waals surface area contributed by atoms with Gasteiger partial charge in [0.15, 0.2) is 0 Å². The molecule has 0 heterocycles. The largest absolute Gasteiger partial charge is 0.326 e. The van der Waals surface area contributed by atoms with Crippen molar-refractivity contribution in [1.29, 1.82) is 0 Å². The zero-order valence-electron chi connectivity index (χ0n) is 9.92. The lowest BCUT2D eigenvalue weighted by Crippen LogP contribution is -2.21. The summed E-state index contributed by atoms with van der Waals surface area (Å²) < 4.78 is 1.04. The fraction of sp³-hybridized carbons (Fsp3) is 0.308. The van der Waals surface area contributed by atoms with Crippen LogP contribution in [-0.2, 0) is 4.79 Å². The summed E-state index contributed by atoms with van der Waals surface area (Å²) >= 11 is 3.42. The van der Waals surface area contributed by atoms with Crippen LogP contribution in [0.2, 0.25) is 0 Å². The van der Waals surface area contributed by atoms with Crippen molar-refractivity contribution < 1.29 is 4.79 Å². The Morgan fingerprint density at radius 2 is 2.29 bits per heavy atom. The minimum Gasteiger partial charge on any atom is -0.326 e. The number of carbonyl (C=O) groups is 1. The second-order valence-electron chi connectivity index (χ2n) is 3.75. The first-order valence-electron chi connectivity index (χ1n) is 5.51. The summed E-state index contributed by atoms with van der Waals surface area (Å²) in [6, 6.07) is 5.76. The third-order valence-electron chi connectivity index (χ3n) is 2.26. The van der Waals surface area contributed by atoms with Gasteiger partial charge in [0.2, 0.25) is 5.91 Å². The van der Waals surface area contributed by atoms with Gasteiger partial charge >= 0.3 is 0 Å². The van der Waals surface area contributed by atoms with Crippen LogP contribution in [0.1, 0.15) is 12.0 Å². The summed E-state index contributed by atoms with van der Waals surface area (Å²) in [6.07, 6.45) is 2.24. The van der Waals surface area contributed by atoms with E-state index in [0.29, 0.717) is 13.0 Å². The molecule has 0 radical (unpaired) electrons. The molecule has 1 aromatic rings. The summed E-state index contributed by atoms with van der Waals surface area (Å²) in [5, 5.41) is 5.95. The predicted octanol–water partition coefficient (Wildman–Crippen LogP) is 2.86. The van der Waals surface area contributed by atoms with Crippen molar-refractivity contribution in [2.45, 2.75) is 13.3 Å². The van der Waals surface area contributed by atoms with E-state index in [1.165, 1.54) is 0 Å². The molecular formula is C13H17BrN2O. The topological polar surface area (TPSA) is 41.1 Å². The lowest BCUT2D eigenvalue weighted by molar-refractivity contribution is -0.116. The zero-order chi connectivity index (χ0) is 12.7. The number of benzene rings is 1. The van der Waals surface area contributed by atoms with Crippen LogP contribution in [0.3, 0.4) is 0 Å².